The first-order chi connectivity index (χ1) is 8.60. The molecule has 0 aromatic carbocycles. The lowest BCUT2D eigenvalue weighted by atomic mass is 9.85. The van der Waals surface area contributed by atoms with Crippen molar-refractivity contribution in [3.63, 3.8) is 0 Å². The predicted octanol–water partition coefficient (Wildman–Crippen LogP) is 3.31. The monoisotopic (exact) mass is 284 g/mol. The van der Waals surface area contributed by atoms with Gasteiger partial charge in [-0.15, -0.1) is 11.3 Å². The number of nitrogens with zero attached hydrogens (tertiary/aromatic N) is 1. The third-order valence-corrected chi connectivity index (χ3v) is 5.01. The first kappa shape index (κ1) is 13.7. The minimum absolute atomic E-state index is 0.234. The number of aromatic nitrogens is 1. The fourth-order valence-electron chi connectivity index (χ4n) is 2.25. The van der Waals surface area contributed by atoms with E-state index in [4.69, 9.17) is 12.2 Å². The maximum atomic E-state index is 12.3. The first-order valence-electron chi connectivity index (χ1n) is 6.56. The van der Waals surface area contributed by atoms with E-state index >= 15 is 0 Å². The Balaban J connectivity index is 1.96. The molecule has 1 aliphatic rings. The van der Waals surface area contributed by atoms with Crippen molar-refractivity contribution in [1.82, 2.24) is 9.88 Å². The molecule has 0 bridgehead atoms. The van der Waals surface area contributed by atoms with E-state index in [0.717, 1.165) is 33.5 Å². The SMILES string of the molecule is CCN(CC1CCC1)C(=O)Cc1sc(=S)[nH]c1C. The van der Waals surface area contributed by atoms with Crippen LogP contribution >= 0.6 is 23.6 Å². The highest BCUT2D eigenvalue weighted by molar-refractivity contribution is 7.73. The molecule has 1 aromatic rings. The van der Waals surface area contributed by atoms with Gasteiger partial charge in [0, 0.05) is 23.7 Å². The van der Waals surface area contributed by atoms with E-state index < -0.39 is 0 Å². The topological polar surface area (TPSA) is 36.1 Å². The molecule has 1 fully saturated rings. The Morgan fingerprint density at radius 3 is 2.72 bits per heavy atom. The molecule has 3 nitrogen and oxygen atoms in total. The first-order valence-corrected chi connectivity index (χ1v) is 7.79. The number of hydrogen-bond acceptors (Lipinski definition) is 3. The van der Waals surface area contributed by atoms with Gasteiger partial charge in [0.2, 0.25) is 5.91 Å². The van der Waals surface area contributed by atoms with Crippen molar-refractivity contribution in [3.05, 3.63) is 14.5 Å². The molecule has 1 amide bonds. The molecule has 1 N–H and O–H groups in total. The number of aromatic amines is 1. The van der Waals surface area contributed by atoms with Crippen molar-refractivity contribution in [1.29, 1.82) is 0 Å². The summed E-state index contributed by atoms with van der Waals surface area (Å²) in [7, 11) is 0. The second kappa shape index (κ2) is 5.97. The van der Waals surface area contributed by atoms with Gasteiger partial charge in [-0.3, -0.25) is 4.79 Å². The number of carbonyl (C=O) groups is 1. The number of nitrogens with one attached hydrogen (secondary N) is 1. The zero-order valence-electron chi connectivity index (χ0n) is 11.0. The molecule has 0 aliphatic heterocycles. The fraction of sp³-hybridized carbons (Fsp3) is 0.692. The lowest BCUT2D eigenvalue weighted by Gasteiger charge is -2.31. The Labute approximate surface area is 117 Å². The van der Waals surface area contributed by atoms with Crippen molar-refractivity contribution >= 4 is 29.5 Å². The lowest BCUT2D eigenvalue weighted by molar-refractivity contribution is -0.131. The molecular weight excluding hydrogens is 264 g/mol. The van der Waals surface area contributed by atoms with Crippen LogP contribution in [0.15, 0.2) is 0 Å². The molecule has 100 valence electrons. The van der Waals surface area contributed by atoms with Gasteiger partial charge >= 0.3 is 0 Å². The molecule has 2 rings (SSSR count). The minimum atomic E-state index is 0.234. The molecule has 0 atom stereocenters. The van der Waals surface area contributed by atoms with E-state index in [0.29, 0.717) is 6.42 Å². The van der Waals surface area contributed by atoms with E-state index in [1.54, 1.807) is 0 Å². The Morgan fingerprint density at radius 1 is 1.56 bits per heavy atom. The molecule has 1 heterocycles. The molecule has 0 unspecified atom stereocenters. The molecule has 18 heavy (non-hydrogen) atoms. The van der Waals surface area contributed by atoms with Crippen molar-refractivity contribution in [2.45, 2.75) is 39.5 Å². The molecular formula is C13H20N2OS2. The van der Waals surface area contributed by atoms with Crippen LogP contribution in [0.25, 0.3) is 0 Å². The highest BCUT2D eigenvalue weighted by Gasteiger charge is 2.23. The number of H-pyrrole nitrogens is 1. The largest absolute Gasteiger partial charge is 0.342 e. The van der Waals surface area contributed by atoms with Gasteiger partial charge < -0.3 is 9.88 Å². The third kappa shape index (κ3) is 3.20. The standard InChI is InChI=1S/C13H20N2OS2/c1-3-15(8-10-5-4-6-10)12(16)7-11-9(2)14-13(17)18-11/h10H,3-8H2,1-2H3,(H,14,17). The fourth-order valence-corrected chi connectivity index (χ4v) is 3.53. The van der Waals surface area contributed by atoms with Gasteiger partial charge in [-0.25, -0.2) is 0 Å². The van der Waals surface area contributed by atoms with Crippen LogP contribution < -0.4 is 0 Å². The van der Waals surface area contributed by atoms with Gasteiger partial charge in [0.1, 0.15) is 0 Å². The van der Waals surface area contributed by atoms with Gasteiger partial charge in [-0.05, 0) is 44.8 Å². The summed E-state index contributed by atoms with van der Waals surface area (Å²) in [4.78, 5) is 18.4. The van der Waals surface area contributed by atoms with Crippen molar-refractivity contribution < 1.29 is 4.79 Å². The smallest absolute Gasteiger partial charge is 0.227 e. The summed E-state index contributed by atoms with van der Waals surface area (Å²) in [6.07, 6.45) is 4.39. The summed E-state index contributed by atoms with van der Waals surface area (Å²) < 4.78 is 0.761. The number of thiazole rings is 1. The van der Waals surface area contributed by atoms with Gasteiger partial charge in [-0.2, -0.15) is 0 Å². The molecule has 0 radical (unpaired) electrons. The number of hydrogen-bond donors (Lipinski definition) is 1. The molecule has 0 spiro atoms. The summed E-state index contributed by atoms with van der Waals surface area (Å²) in [6.45, 7) is 5.79. The van der Waals surface area contributed by atoms with Crippen LogP contribution in [0.2, 0.25) is 0 Å². The Bertz CT molecular complexity index is 474. The van der Waals surface area contributed by atoms with E-state index in [1.165, 1.54) is 30.6 Å². The number of amides is 1. The summed E-state index contributed by atoms with van der Waals surface area (Å²) >= 11 is 6.62. The quantitative estimate of drug-likeness (QED) is 0.842. The van der Waals surface area contributed by atoms with E-state index in [2.05, 4.69) is 11.9 Å². The van der Waals surface area contributed by atoms with Crippen LogP contribution in [0.5, 0.6) is 0 Å². The Hall–Kier alpha value is -0.680. The number of likely N-dealkylation sites (N-methyl/N-ethyl adjacent to an activating group) is 1. The van der Waals surface area contributed by atoms with Crippen LogP contribution in [-0.4, -0.2) is 28.9 Å². The highest BCUT2D eigenvalue weighted by atomic mass is 32.1. The molecule has 0 saturated heterocycles. The molecule has 1 saturated carbocycles. The van der Waals surface area contributed by atoms with Crippen molar-refractivity contribution in [2.24, 2.45) is 5.92 Å². The van der Waals surface area contributed by atoms with Crippen LogP contribution in [-0.2, 0) is 11.2 Å². The maximum absolute atomic E-state index is 12.3. The van der Waals surface area contributed by atoms with Crippen LogP contribution in [0.3, 0.4) is 0 Å². The van der Waals surface area contributed by atoms with Gasteiger partial charge in [-0.1, -0.05) is 6.42 Å². The molecule has 5 heteroatoms. The van der Waals surface area contributed by atoms with Gasteiger partial charge in [0.15, 0.2) is 3.95 Å². The molecule has 1 aliphatic carbocycles. The van der Waals surface area contributed by atoms with Gasteiger partial charge in [0.25, 0.3) is 0 Å². The number of aryl methyl sites for hydroxylation is 1. The van der Waals surface area contributed by atoms with Gasteiger partial charge in [0.05, 0.1) is 6.42 Å². The highest BCUT2D eigenvalue weighted by Crippen LogP contribution is 2.27. The lowest BCUT2D eigenvalue weighted by Crippen LogP contribution is -2.38. The van der Waals surface area contributed by atoms with Crippen LogP contribution in [0.1, 0.15) is 36.8 Å². The normalized spacial score (nSPS) is 15.4. The average molecular weight is 284 g/mol. The Kier molecular flexibility index (Phi) is 4.56. The third-order valence-electron chi connectivity index (χ3n) is 3.67. The second-order valence-electron chi connectivity index (χ2n) is 4.97. The Morgan fingerprint density at radius 2 is 2.28 bits per heavy atom. The number of carbonyl (C=O) groups excluding carboxylic acids is 1. The minimum Gasteiger partial charge on any atom is -0.342 e. The van der Waals surface area contributed by atoms with Crippen LogP contribution in [0.4, 0.5) is 0 Å². The maximum Gasteiger partial charge on any atom is 0.227 e. The summed E-state index contributed by atoms with van der Waals surface area (Å²) in [5.74, 6) is 0.970. The van der Waals surface area contributed by atoms with Crippen LogP contribution in [0, 0.1) is 16.8 Å². The predicted molar refractivity (Wildman–Crippen MR) is 77.5 cm³/mol. The van der Waals surface area contributed by atoms with E-state index in [9.17, 15) is 4.79 Å². The summed E-state index contributed by atoms with van der Waals surface area (Å²) in [5.41, 5.74) is 1.04. The molecule has 1 aromatic heterocycles. The zero-order chi connectivity index (χ0) is 13.1. The average Bonchev–Trinajstić information content (AvgIpc) is 2.56. The number of rotatable bonds is 5. The zero-order valence-corrected chi connectivity index (χ0v) is 12.6. The van der Waals surface area contributed by atoms with Crippen molar-refractivity contribution in [2.75, 3.05) is 13.1 Å². The summed E-state index contributed by atoms with van der Waals surface area (Å²) in [5, 5.41) is 0. The summed E-state index contributed by atoms with van der Waals surface area (Å²) in [6, 6.07) is 0. The second-order valence-corrected chi connectivity index (χ2v) is 6.74. The van der Waals surface area contributed by atoms with E-state index in [1.807, 2.05) is 11.8 Å². The van der Waals surface area contributed by atoms with Crippen molar-refractivity contribution in [3.8, 4) is 0 Å². The van der Waals surface area contributed by atoms with E-state index in [-0.39, 0.29) is 5.91 Å².